The van der Waals surface area contributed by atoms with Crippen LogP contribution in [0.15, 0.2) is 38.8 Å². The van der Waals surface area contributed by atoms with Crippen molar-refractivity contribution < 1.29 is 4.42 Å². The number of thiophene rings is 2. The number of hydrogen-bond acceptors (Lipinski definition) is 6. The van der Waals surface area contributed by atoms with Crippen LogP contribution in [0.4, 0.5) is 0 Å². The van der Waals surface area contributed by atoms with E-state index >= 15 is 0 Å². The normalized spacial score (nSPS) is 19.5. The summed E-state index contributed by atoms with van der Waals surface area (Å²) in [6, 6.07) is 6.57. The Balaban J connectivity index is 1.56. The molecule has 0 aromatic carbocycles. The van der Waals surface area contributed by atoms with Gasteiger partial charge in [0.05, 0.1) is 6.04 Å². The molecule has 0 N–H and O–H groups in total. The average Bonchev–Trinajstić information content (AvgIpc) is 3.30. The topological polar surface area (TPSA) is 42.2 Å². The van der Waals surface area contributed by atoms with Gasteiger partial charge in [-0.25, -0.2) is 0 Å². The summed E-state index contributed by atoms with van der Waals surface area (Å²) in [6.07, 6.45) is 3.56. The highest BCUT2D eigenvalue weighted by Crippen LogP contribution is 2.33. The van der Waals surface area contributed by atoms with Crippen LogP contribution in [0.5, 0.6) is 0 Å². The molecule has 1 saturated heterocycles. The minimum atomic E-state index is 0.246. The maximum atomic E-state index is 5.96. The van der Waals surface area contributed by atoms with Gasteiger partial charge in [0.25, 0.3) is 0 Å². The van der Waals surface area contributed by atoms with Gasteiger partial charge in [0.2, 0.25) is 11.8 Å². The monoisotopic (exact) mass is 331 g/mol. The largest absolute Gasteiger partial charge is 0.419 e. The highest BCUT2D eigenvalue weighted by atomic mass is 32.1. The summed E-state index contributed by atoms with van der Waals surface area (Å²) in [5, 5.41) is 14.8. The van der Waals surface area contributed by atoms with Crippen LogP contribution < -0.4 is 0 Å². The highest BCUT2D eigenvalue weighted by Gasteiger charge is 2.29. The first-order valence-electron chi connectivity index (χ1n) is 7.52. The van der Waals surface area contributed by atoms with Gasteiger partial charge in [0.15, 0.2) is 0 Å². The van der Waals surface area contributed by atoms with E-state index < -0.39 is 0 Å². The highest BCUT2D eigenvalue weighted by molar-refractivity contribution is 7.09. The molecule has 4 heterocycles. The molecule has 0 aliphatic carbocycles. The molecule has 0 bridgehead atoms. The fourth-order valence-corrected chi connectivity index (χ4v) is 4.29. The van der Waals surface area contributed by atoms with E-state index in [2.05, 4.69) is 32.6 Å². The van der Waals surface area contributed by atoms with E-state index in [1.165, 1.54) is 17.7 Å². The van der Waals surface area contributed by atoms with Crippen molar-refractivity contribution in [3.63, 3.8) is 0 Å². The van der Waals surface area contributed by atoms with E-state index in [1.807, 2.05) is 28.2 Å². The lowest BCUT2D eigenvalue weighted by molar-refractivity contribution is 0.119. The van der Waals surface area contributed by atoms with Crippen LogP contribution in [0.2, 0.25) is 0 Å². The van der Waals surface area contributed by atoms with Crippen molar-refractivity contribution in [3.05, 3.63) is 45.1 Å². The SMILES string of the molecule is c1csc(CN2CCCCC2c2nnc(-c3ccsc3)o2)c1. The average molecular weight is 331 g/mol. The van der Waals surface area contributed by atoms with E-state index in [-0.39, 0.29) is 6.04 Å². The van der Waals surface area contributed by atoms with Gasteiger partial charge in [-0.15, -0.1) is 21.5 Å². The molecule has 1 fully saturated rings. The van der Waals surface area contributed by atoms with Crippen molar-refractivity contribution >= 4 is 22.7 Å². The van der Waals surface area contributed by atoms with E-state index in [4.69, 9.17) is 4.42 Å². The Bertz CT molecular complexity index is 706. The molecule has 4 nitrogen and oxygen atoms in total. The van der Waals surface area contributed by atoms with Gasteiger partial charge in [0.1, 0.15) is 0 Å². The second-order valence-electron chi connectivity index (χ2n) is 5.52. The van der Waals surface area contributed by atoms with Crippen LogP contribution in [-0.4, -0.2) is 21.6 Å². The molecular weight excluding hydrogens is 314 g/mol. The third-order valence-electron chi connectivity index (χ3n) is 4.05. The summed E-state index contributed by atoms with van der Waals surface area (Å²) in [6.45, 7) is 2.07. The lowest BCUT2D eigenvalue weighted by atomic mass is 10.0. The van der Waals surface area contributed by atoms with Crippen molar-refractivity contribution in [2.45, 2.75) is 31.8 Å². The molecule has 1 unspecified atom stereocenters. The first-order chi connectivity index (χ1) is 10.9. The van der Waals surface area contributed by atoms with Crippen molar-refractivity contribution in [2.24, 2.45) is 0 Å². The zero-order valence-electron chi connectivity index (χ0n) is 12.1. The van der Waals surface area contributed by atoms with Crippen molar-refractivity contribution in [1.82, 2.24) is 15.1 Å². The van der Waals surface area contributed by atoms with Gasteiger partial charge in [-0.3, -0.25) is 4.90 Å². The fourth-order valence-electron chi connectivity index (χ4n) is 2.93. The Labute approximate surface area is 137 Å². The Kier molecular flexibility index (Phi) is 4.05. The Morgan fingerprint density at radius 3 is 3.05 bits per heavy atom. The molecule has 0 spiro atoms. The lowest BCUT2D eigenvalue weighted by Crippen LogP contribution is -2.32. The van der Waals surface area contributed by atoms with Crippen LogP contribution in [-0.2, 0) is 6.54 Å². The Hall–Kier alpha value is -1.50. The number of aromatic nitrogens is 2. The molecule has 1 aliphatic rings. The summed E-state index contributed by atoms with van der Waals surface area (Å²) in [5.41, 5.74) is 1.02. The second-order valence-corrected chi connectivity index (χ2v) is 7.33. The van der Waals surface area contributed by atoms with Gasteiger partial charge in [0, 0.05) is 22.4 Å². The molecule has 3 aromatic heterocycles. The first-order valence-corrected chi connectivity index (χ1v) is 9.35. The van der Waals surface area contributed by atoms with Gasteiger partial charge >= 0.3 is 0 Å². The van der Waals surface area contributed by atoms with E-state index in [1.54, 1.807) is 11.3 Å². The predicted octanol–water partition coefficient (Wildman–Crippen LogP) is 4.59. The molecule has 3 aromatic rings. The maximum Gasteiger partial charge on any atom is 0.248 e. The number of likely N-dealkylation sites (tertiary alicyclic amines) is 1. The number of hydrogen-bond donors (Lipinski definition) is 0. The Morgan fingerprint density at radius 1 is 1.23 bits per heavy atom. The van der Waals surface area contributed by atoms with Crippen LogP contribution >= 0.6 is 22.7 Å². The van der Waals surface area contributed by atoms with Crippen LogP contribution in [0, 0.1) is 0 Å². The van der Waals surface area contributed by atoms with Crippen molar-refractivity contribution in [2.75, 3.05) is 6.54 Å². The smallest absolute Gasteiger partial charge is 0.248 e. The molecule has 1 aliphatic heterocycles. The molecule has 1 atom stereocenters. The molecule has 22 heavy (non-hydrogen) atoms. The van der Waals surface area contributed by atoms with Gasteiger partial charge in [-0.05, 0) is 42.3 Å². The minimum Gasteiger partial charge on any atom is -0.419 e. The van der Waals surface area contributed by atoms with E-state index in [0.29, 0.717) is 5.89 Å². The zero-order chi connectivity index (χ0) is 14.8. The van der Waals surface area contributed by atoms with Gasteiger partial charge in [-0.1, -0.05) is 12.5 Å². The van der Waals surface area contributed by atoms with Crippen molar-refractivity contribution in [3.8, 4) is 11.5 Å². The molecule has 114 valence electrons. The van der Waals surface area contributed by atoms with Crippen LogP contribution in [0.3, 0.4) is 0 Å². The van der Waals surface area contributed by atoms with Crippen molar-refractivity contribution in [1.29, 1.82) is 0 Å². The number of nitrogens with zero attached hydrogens (tertiary/aromatic N) is 3. The summed E-state index contributed by atoms with van der Waals surface area (Å²) < 4.78 is 5.96. The fraction of sp³-hybridized carbons (Fsp3) is 0.375. The molecule has 4 rings (SSSR count). The van der Waals surface area contributed by atoms with Gasteiger partial charge < -0.3 is 4.42 Å². The summed E-state index contributed by atoms with van der Waals surface area (Å²) in [7, 11) is 0. The third-order valence-corrected chi connectivity index (χ3v) is 5.59. The first kappa shape index (κ1) is 14.1. The maximum absolute atomic E-state index is 5.96. The minimum absolute atomic E-state index is 0.246. The van der Waals surface area contributed by atoms with E-state index in [0.717, 1.165) is 31.0 Å². The standard InChI is InChI=1S/C16H17N3OS2/c1-2-7-19(10-13-4-3-8-22-13)14(5-1)16-18-17-15(20-16)12-6-9-21-11-12/h3-4,6,8-9,11,14H,1-2,5,7,10H2. The molecule has 0 saturated carbocycles. The molecule has 0 amide bonds. The van der Waals surface area contributed by atoms with Crippen LogP contribution in [0.1, 0.15) is 36.1 Å². The van der Waals surface area contributed by atoms with E-state index in [9.17, 15) is 0 Å². The zero-order valence-corrected chi connectivity index (χ0v) is 13.8. The predicted molar refractivity (Wildman–Crippen MR) is 88.9 cm³/mol. The second kappa shape index (κ2) is 6.32. The summed E-state index contributed by atoms with van der Waals surface area (Å²) in [5.74, 6) is 1.40. The quantitative estimate of drug-likeness (QED) is 0.701. The van der Waals surface area contributed by atoms with Crippen LogP contribution in [0.25, 0.3) is 11.5 Å². The molecular formula is C16H17N3OS2. The Morgan fingerprint density at radius 2 is 2.23 bits per heavy atom. The molecule has 6 heteroatoms. The van der Waals surface area contributed by atoms with Gasteiger partial charge in [-0.2, -0.15) is 11.3 Å². The lowest BCUT2D eigenvalue weighted by Gasteiger charge is -2.33. The summed E-state index contributed by atoms with van der Waals surface area (Å²) >= 11 is 3.46. The number of rotatable bonds is 4. The number of piperidine rings is 1. The third kappa shape index (κ3) is 2.86. The molecule has 0 radical (unpaired) electrons. The summed E-state index contributed by atoms with van der Waals surface area (Å²) in [4.78, 5) is 3.87.